The molecule has 0 aromatic heterocycles. The molecule has 0 saturated carbocycles. The summed E-state index contributed by atoms with van der Waals surface area (Å²) in [7, 11) is 0. The van der Waals surface area contributed by atoms with Crippen molar-refractivity contribution in [3.05, 3.63) is 23.8 Å². The molecule has 1 fully saturated rings. The van der Waals surface area contributed by atoms with Crippen LogP contribution in [0.5, 0.6) is 11.5 Å². The quantitative estimate of drug-likeness (QED) is 0.873. The van der Waals surface area contributed by atoms with Gasteiger partial charge >= 0.3 is 0 Å². The molecule has 0 aliphatic carbocycles. The van der Waals surface area contributed by atoms with Gasteiger partial charge in [-0.25, -0.2) is 0 Å². The molecule has 1 aromatic carbocycles. The number of nitrogens with one attached hydrogen (secondary N) is 1. The average Bonchev–Trinajstić information content (AvgIpc) is 3.07. The fourth-order valence-electron chi connectivity index (χ4n) is 2.99. The van der Waals surface area contributed by atoms with Gasteiger partial charge in [-0.2, -0.15) is 0 Å². The van der Waals surface area contributed by atoms with E-state index in [0.717, 1.165) is 31.1 Å². The van der Waals surface area contributed by atoms with Crippen molar-refractivity contribution >= 4 is 11.8 Å². The summed E-state index contributed by atoms with van der Waals surface area (Å²) in [5.74, 6) is 1.46. The predicted molar refractivity (Wildman–Crippen MR) is 96.9 cm³/mol. The second kappa shape index (κ2) is 7.53. The van der Waals surface area contributed by atoms with Crippen molar-refractivity contribution in [1.82, 2.24) is 15.1 Å². The van der Waals surface area contributed by atoms with Gasteiger partial charge in [0, 0.05) is 38.1 Å². The van der Waals surface area contributed by atoms with Crippen LogP contribution in [0.2, 0.25) is 0 Å². The smallest absolute Gasteiger partial charge is 0.242 e. The molecule has 2 heterocycles. The zero-order chi connectivity index (χ0) is 18.7. The Morgan fingerprint density at radius 3 is 2.46 bits per heavy atom. The molecule has 0 unspecified atom stereocenters. The zero-order valence-electron chi connectivity index (χ0n) is 15.7. The fourth-order valence-corrected chi connectivity index (χ4v) is 2.99. The standard InChI is InChI=1S/C19H27N3O4/c1-19(2,3)18(24)20-11-17(23)22-8-6-21(7-9-22)12-14-4-5-15-16(10-14)26-13-25-15/h4-5,10H,6-9,11-13H2,1-3H3,(H,20,24). The molecule has 2 amide bonds. The minimum atomic E-state index is -0.483. The van der Waals surface area contributed by atoms with E-state index in [1.807, 2.05) is 43.9 Å². The summed E-state index contributed by atoms with van der Waals surface area (Å²) >= 11 is 0. The van der Waals surface area contributed by atoms with Crippen LogP contribution < -0.4 is 14.8 Å². The van der Waals surface area contributed by atoms with Gasteiger partial charge in [0.25, 0.3) is 0 Å². The lowest BCUT2D eigenvalue weighted by Gasteiger charge is -2.35. The number of carbonyl (C=O) groups is 2. The van der Waals surface area contributed by atoms with Crippen molar-refractivity contribution in [2.24, 2.45) is 5.41 Å². The molecular formula is C19H27N3O4. The first kappa shape index (κ1) is 18.5. The van der Waals surface area contributed by atoms with Crippen LogP contribution in [0.25, 0.3) is 0 Å². The van der Waals surface area contributed by atoms with E-state index in [2.05, 4.69) is 10.2 Å². The summed E-state index contributed by atoms with van der Waals surface area (Å²) in [5, 5.41) is 2.73. The lowest BCUT2D eigenvalue weighted by atomic mass is 9.96. The molecule has 0 radical (unpaired) electrons. The van der Waals surface area contributed by atoms with Crippen LogP contribution in [0.3, 0.4) is 0 Å². The Bertz CT molecular complexity index is 676. The maximum Gasteiger partial charge on any atom is 0.242 e. The highest BCUT2D eigenvalue weighted by Crippen LogP contribution is 2.32. The molecule has 2 aliphatic rings. The van der Waals surface area contributed by atoms with Crippen LogP contribution in [0.4, 0.5) is 0 Å². The van der Waals surface area contributed by atoms with Crippen LogP contribution >= 0.6 is 0 Å². The Morgan fingerprint density at radius 1 is 1.08 bits per heavy atom. The number of amides is 2. The van der Waals surface area contributed by atoms with Gasteiger partial charge in [0.05, 0.1) is 6.54 Å². The van der Waals surface area contributed by atoms with Gasteiger partial charge in [0.1, 0.15) is 0 Å². The highest BCUT2D eigenvalue weighted by molar-refractivity contribution is 5.87. The van der Waals surface area contributed by atoms with E-state index in [1.54, 1.807) is 0 Å². The van der Waals surface area contributed by atoms with Gasteiger partial charge in [0.2, 0.25) is 18.6 Å². The number of fused-ring (bicyclic) bond motifs is 1. The number of hydrogen-bond donors (Lipinski definition) is 1. The van der Waals surface area contributed by atoms with Gasteiger partial charge in [-0.1, -0.05) is 26.8 Å². The van der Waals surface area contributed by atoms with Crippen molar-refractivity contribution in [3.63, 3.8) is 0 Å². The summed E-state index contributed by atoms with van der Waals surface area (Å²) in [4.78, 5) is 28.3. The summed E-state index contributed by atoms with van der Waals surface area (Å²) in [6.07, 6.45) is 0. The average molecular weight is 361 g/mol. The van der Waals surface area contributed by atoms with Crippen molar-refractivity contribution in [2.75, 3.05) is 39.5 Å². The van der Waals surface area contributed by atoms with Crippen LogP contribution in [-0.4, -0.2) is 61.1 Å². The third-order valence-electron chi connectivity index (χ3n) is 4.65. The monoisotopic (exact) mass is 361 g/mol. The van der Waals surface area contributed by atoms with E-state index < -0.39 is 5.41 Å². The Kier molecular flexibility index (Phi) is 5.36. The van der Waals surface area contributed by atoms with E-state index in [9.17, 15) is 9.59 Å². The SMILES string of the molecule is CC(C)(C)C(=O)NCC(=O)N1CCN(Cc2ccc3c(c2)OCO3)CC1. The topological polar surface area (TPSA) is 71.1 Å². The number of ether oxygens (including phenoxy) is 2. The molecule has 0 spiro atoms. The van der Waals surface area contributed by atoms with Crippen molar-refractivity contribution < 1.29 is 19.1 Å². The number of carbonyl (C=O) groups excluding carboxylic acids is 2. The maximum atomic E-state index is 12.3. The molecule has 7 heteroatoms. The number of benzene rings is 1. The van der Waals surface area contributed by atoms with Gasteiger partial charge < -0.3 is 19.7 Å². The Morgan fingerprint density at radius 2 is 1.77 bits per heavy atom. The minimum Gasteiger partial charge on any atom is -0.454 e. The van der Waals surface area contributed by atoms with Gasteiger partial charge in [-0.3, -0.25) is 14.5 Å². The molecule has 1 aromatic rings. The third-order valence-corrected chi connectivity index (χ3v) is 4.65. The lowest BCUT2D eigenvalue weighted by molar-refractivity contribution is -0.136. The molecule has 0 bridgehead atoms. The van der Waals surface area contributed by atoms with Crippen LogP contribution in [0, 0.1) is 5.41 Å². The Hall–Kier alpha value is -2.28. The van der Waals surface area contributed by atoms with E-state index in [4.69, 9.17) is 9.47 Å². The number of piperazine rings is 1. The Labute approximate surface area is 154 Å². The summed E-state index contributed by atoms with van der Waals surface area (Å²) < 4.78 is 10.8. The van der Waals surface area contributed by atoms with Crippen molar-refractivity contribution in [1.29, 1.82) is 0 Å². The van der Waals surface area contributed by atoms with Crippen LogP contribution in [0.15, 0.2) is 18.2 Å². The van der Waals surface area contributed by atoms with Gasteiger partial charge in [-0.05, 0) is 17.7 Å². The zero-order valence-corrected chi connectivity index (χ0v) is 15.7. The second-order valence-corrected chi connectivity index (χ2v) is 7.78. The molecule has 142 valence electrons. The first-order valence-electron chi connectivity index (χ1n) is 9.00. The van der Waals surface area contributed by atoms with Gasteiger partial charge in [0.15, 0.2) is 11.5 Å². The van der Waals surface area contributed by atoms with E-state index in [1.165, 1.54) is 5.56 Å². The van der Waals surface area contributed by atoms with E-state index >= 15 is 0 Å². The van der Waals surface area contributed by atoms with E-state index in [0.29, 0.717) is 13.1 Å². The van der Waals surface area contributed by atoms with Gasteiger partial charge in [-0.15, -0.1) is 0 Å². The number of nitrogens with zero attached hydrogens (tertiary/aromatic N) is 2. The highest BCUT2D eigenvalue weighted by atomic mass is 16.7. The first-order chi connectivity index (χ1) is 12.3. The number of rotatable bonds is 4. The minimum absolute atomic E-state index is 0.0228. The molecule has 1 saturated heterocycles. The third kappa shape index (κ3) is 4.46. The molecule has 26 heavy (non-hydrogen) atoms. The summed E-state index contributed by atoms with van der Waals surface area (Å²) in [5.41, 5.74) is 0.690. The number of hydrogen-bond acceptors (Lipinski definition) is 5. The predicted octanol–water partition coefficient (Wildman–Crippen LogP) is 1.22. The van der Waals surface area contributed by atoms with E-state index in [-0.39, 0.29) is 25.2 Å². The molecule has 0 atom stereocenters. The van der Waals surface area contributed by atoms with Crippen molar-refractivity contribution in [3.8, 4) is 11.5 Å². The molecule has 1 N–H and O–H groups in total. The summed E-state index contributed by atoms with van der Waals surface area (Å²) in [6.45, 7) is 9.65. The molecular weight excluding hydrogens is 334 g/mol. The lowest BCUT2D eigenvalue weighted by Crippen LogP contribution is -2.51. The van der Waals surface area contributed by atoms with Crippen LogP contribution in [0.1, 0.15) is 26.3 Å². The molecule has 2 aliphatic heterocycles. The van der Waals surface area contributed by atoms with Crippen LogP contribution in [-0.2, 0) is 16.1 Å². The fraction of sp³-hybridized carbons (Fsp3) is 0.579. The largest absolute Gasteiger partial charge is 0.454 e. The molecule has 7 nitrogen and oxygen atoms in total. The molecule has 3 rings (SSSR count). The first-order valence-corrected chi connectivity index (χ1v) is 9.00. The Balaban J connectivity index is 1.44. The second-order valence-electron chi connectivity index (χ2n) is 7.78. The highest BCUT2D eigenvalue weighted by Gasteiger charge is 2.25. The normalized spacial score (nSPS) is 17.3. The van der Waals surface area contributed by atoms with Crippen molar-refractivity contribution in [2.45, 2.75) is 27.3 Å². The maximum absolute atomic E-state index is 12.3. The summed E-state index contributed by atoms with van der Waals surface area (Å²) in [6, 6.07) is 6.00.